The Bertz CT molecular complexity index is 1380. The van der Waals surface area contributed by atoms with Crippen LogP contribution >= 0.6 is 0 Å². The van der Waals surface area contributed by atoms with Gasteiger partial charge in [-0.2, -0.15) is 31.4 Å². The summed E-state index contributed by atoms with van der Waals surface area (Å²) in [5.41, 5.74) is -2.22. The van der Waals surface area contributed by atoms with Gasteiger partial charge >= 0.3 is 12.4 Å². The molecule has 0 bridgehead atoms. The monoisotopic (exact) mass is 493 g/mol. The van der Waals surface area contributed by atoms with Gasteiger partial charge in [-0.25, -0.2) is 9.97 Å². The first-order valence-corrected chi connectivity index (χ1v) is 9.85. The molecule has 0 fully saturated rings. The van der Waals surface area contributed by atoms with Crippen molar-refractivity contribution in [3.63, 3.8) is 0 Å². The molecule has 0 unspecified atom stereocenters. The lowest BCUT2D eigenvalue weighted by Crippen LogP contribution is -2.11. The van der Waals surface area contributed by atoms with Crippen LogP contribution in [0, 0.1) is 0 Å². The lowest BCUT2D eigenvalue weighted by Gasteiger charge is -2.13. The Labute approximate surface area is 192 Å². The zero-order valence-corrected chi connectivity index (χ0v) is 17.4. The first kappa shape index (κ1) is 23.9. The van der Waals surface area contributed by atoms with Crippen LogP contribution in [0.4, 0.5) is 32.2 Å². The predicted octanol–water partition coefficient (Wildman–Crippen LogP) is 5.63. The van der Waals surface area contributed by atoms with Crippen LogP contribution in [-0.2, 0) is 23.7 Å². The number of aromatic nitrogens is 5. The summed E-state index contributed by atoms with van der Waals surface area (Å²) in [5, 5.41) is 11.1. The molecule has 0 saturated carbocycles. The van der Waals surface area contributed by atoms with E-state index < -0.39 is 35.0 Å². The minimum Gasteiger partial charge on any atom is -0.271 e. The number of alkyl halides is 6. The molecule has 0 aliphatic rings. The molecular formula is C21H13F6N7O. The predicted molar refractivity (Wildman–Crippen MR) is 109 cm³/mol. The van der Waals surface area contributed by atoms with E-state index in [1.165, 1.54) is 6.20 Å². The number of hydrogen-bond acceptors (Lipinski definition) is 6. The standard InChI is InChI=1S/C21H13F6N7O/c22-20(23,24)13-7-12(8-14(9-13)21(25,26)27)19-29-11-34(33-19)6-5-18(35)32-31-17-10-28-15-3-1-2-4-16(15)30-17/h1-4,7-11H,5-6H2. The molecule has 1 amide bonds. The normalized spacial score (nSPS) is 12.5. The summed E-state index contributed by atoms with van der Waals surface area (Å²) in [5.74, 6) is -0.900. The molecule has 2 heterocycles. The molecule has 0 spiro atoms. The zero-order chi connectivity index (χ0) is 25.2. The van der Waals surface area contributed by atoms with Gasteiger partial charge < -0.3 is 0 Å². The summed E-state index contributed by atoms with van der Waals surface area (Å²) >= 11 is 0. The van der Waals surface area contributed by atoms with E-state index in [-0.39, 0.29) is 30.7 Å². The summed E-state index contributed by atoms with van der Waals surface area (Å²) in [6, 6.07) is 8.10. The van der Waals surface area contributed by atoms with Gasteiger partial charge in [0.2, 0.25) is 0 Å². The Kier molecular flexibility index (Phi) is 6.28. The smallest absolute Gasteiger partial charge is 0.271 e. The second-order valence-electron chi connectivity index (χ2n) is 7.19. The number of hydrogen-bond donors (Lipinski definition) is 0. The molecule has 0 atom stereocenters. The lowest BCUT2D eigenvalue weighted by atomic mass is 10.0. The largest absolute Gasteiger partial charge is 0.416 e. The number of rotatable bonds is 5. The van der Waals surface area contributed by atoms with E-state index in [9.17, 15) is 31.1 Å². The Morgan fingerprint density at radius 2 is 1.57 bits per heavy atom. The van der Waals surface area contributed by atoms with Gasteiger partial charge in [0.25, 0.3) is 5.91 Å². The molecule has 2 aromatic heterocycles. The van der Waals surface area contributed by atoms with Crippen molar-refractivity contribution in [2.24, 2.45) is 10.2 Å². The maximum atomic E-state index is 13.1. The van der Waals surface area contributed by atoms with Crippen LogP contribution in [0.5, 0.6) is 0 Å². The fourth-order valence-corrected chi connectivity index (χ4v) is 2.98. The number of carbonyl (C=O) groups is 1. The molecule has 2 aromatic carbocycles. The third-order valence-electron chi connectivity index (χ3n) is 4.64. The van der Waals surface area contributed by atoms with Crippen molar-refractivity contribution in [2.75, 3.05) is 0 Å². The third kappa shape index (κ3) is 5.83. The third-order valence-corrected chi connectivity index (χ3v) is 4.64. The van der Waals surface area contributed by atoms with Gasteiger partial charge in [0, 0.05) is 5.56 Å². The average molecular weight is 493 g/mol. The number of halogens is 6. The van der Waals surface area contributed by atoms with E-state index >= 15 is 0 Å². The number of nitrogens with zero attached hydrogens (tertiary/aromatic N) is 7. The molecule has 35 heavy (non-hydrogen) atoms. The summed E-state index contributed by atoms with van der Waals surface area (Å²) in [6.07, 6.45) is -7.77. The molecule has 0 aliphatic heterocycles. The lowest BCUT2D eigenvalue weighted by molar-refractivity contribution is -0.143. The number of amides is 1. The maximum Gasteiger partial charge on any atom is 0.416 e. The number of benzene rings is 2. The highest BCUT2D eigenvalue weighted by atomic mass is 19.4. The molecule has 4 rings (SSSR count). The number of para-hydroxylation sites is 2. The van der Waals surface area contributed by atoms with Crippen LogP contribution in [0.3, 0.4) is 0 Å². The van der Waals surface area contributed by atoms with Crippen LogP contribution < -0.4 is 0 Å². The first-order chi connectivity index (χ1) is 16.5. The topological polar surface area (TPSA) is 98.3 Å². The molecule has 180 valence electrons. The van der Waals surface area contributed by atoms with Crippen molar-refractivity contribution in [1.82, 2.24) is 24.7 Å². The van der Waals surface area contributed by atoms with E-state index in [4.69, 9.17) is 0 Å². The fraction of sp³-hybridized carbons (Fsp3) is 0.190. The van der Waals surface area contributed by atoms with E-state index in [1.807, 2.05) is 0 Å². The van der Waals surface area contributed by atoms with Crippen LogP contribution in [0.1, 0.15) is 17.5 Å². The highest BCUT2D eigenvalue weighted by molar-refractivity contribution is 5.77. The van der Waals surface area contributed by atoms with Gasteiger partial charge in [0.1, 0.15) is 6.33 Å². The second kappa shape index (κ2) is 9.19. The molecule has 0 radical (unpaired) electrons. The van der Waals surface area contributed by atoms with Crippen LogP contribution in [0.15, 0.2) is 65.2 Å². The van der Waals surface area contributed by atoms with Crippen LogP contribution in [0.2, 0.25) is 0 Å². The van der Waals surface area contributed by atoms with Gasteiger partial charge in [-0.15, -0.1) is 10.2 Å². The Morgan fingerprint density at radius 1 is 0.914 bits per heavy atom. The highest BCUT2D eigenvalue weighted by Crippen LogP contribution is 2.38. The minimum absolute atomic E-state index is 0.0179. The SMILES string of the molecule is O=C(CCn1cnc(-c2cc(C(F)(F)F)cc(C(F)(F)F)c2)n1)N=Nc1cnc2ccccc2n1. The summed E-state index contributed by atoms with van der Waals surface area (Å²) in [7, 11) is 0. The quantitative estimate of drug-likeness (QED) is 0.265. The van der Waals surface area contributed by atoms with Gasteiger partial charge in [-0.05, 0) is 30.3 Å². The van der Waals surface area contributed by atoms with E-state index in [0.717, 1.165) is 11.0 Å². The molecule has 0 saturated heterocycles. The first-order valence-electron chi connectivity index (χ1n) is 9.85. The number of carbonyl (C=O) groups excluding carboxylic acids is 1. The summed E-state index contributed by atoms with van der Waals surface area (Å²) in [6.45, 7) is -0.0840. The Morgan fingerprint density at radius 3 is 2.23 bits per heavy atom. The van der Waals surface area contributed by atoms with E-state index in [2.05, 4.69) is 30.3 Å². The van der Waals surface area contributed by atoms with Crippen LogP contribution in [-0.4, -0.2) is 30.6 Å². The Hall–Kier alpha value is -4.23. The van der Waals surface area contributed by atoms with Crippen molar-refractivity contribution in [3.05, 3.63) is 66.1 Å². The summed E-state index contributed by atoms with van der Waals surface area (Å²) in [4.78, 5) is 24.1. The van der Waals surface area contributed by atoms with Crippen molar-refractivity contribution in [3.8, 4) is 11.4 Å². The number of azo groups is 1. The van der Waals surface area contributed by atoms with Gasteiger partial charge in [-0.3, -0.25) is 14.5 Å². The molecule has 14 heteroatoms. The Balaban J connectivity index is 1.45. The van der Waals surface area contributed by atoms with Crippen molar-refractivity contribution >= 4 is 22.8 Å². The molecule has 0 N–H and O–H groups in total. The van der Waals surface area contributed by atoms with Crippen LogP contribution in [0.25, 0.3) is 22.4 Å². The average Bonchev–Trinajstić information content (AvgIpc) is 3.29. The molecule has 8 nitrogen and oxygen atoms in total. The second-order valence-corrected chi connectivity index (χ2v) is 7.19. The van der Waals surface area contributed by atoms with Gasteiger partial charge in [0.05, 0.1) is 41.3 Å². The fourth-order valence-electron chi connectivity index (χ4n) is 2.98. The zero-order valence-electron chi connectivity index (χ0n) is 17.4. The number of fused-ring (bicyclic) bond motifs is 1. The molecular weight excluding hydrogens is 480 g/mol. The highest BCUT2D eigenvalue weighted by Gasteiger charge is 2.37. The van der Waals surface area contributed by atoms with Crippen molar-refractivity contribution < 1.29 is 31.1 Å². The van der Waals surface area contributed by atoms with Crippen molar-refractivity contribution in [2.45, 2.75) is 25.3 Å². The van der Waals surface area contributed by atoms with Gasteiger partial charge in [0.15, 0.2) is 11.6 Å². The van der Waals surface area contributed by atoms with Crippen molar-refractivity contribution in [1.29, 1.82) is 0 Å². The van der Waals surface area contributed by atoms with E-state index in [0.29, 0.717) is 23.2 Å². The summed E-state index contributed by atoms with van der Waals surface area (Å²) < 4.78 is 79.5. The molecule has 4 aromatic rings. The minimum atomic E-state index is -4.99. The number of aryl methyl sites for hydroxylation is 1. The van der Waals surface area contributed by atoms with E-state index in [1.54, 1.807) is 24.3 Å². The maximum absolute atomic E-state index is 13.1. The molecule has 0 aliphatic carbocycles. The van der Waals surface area contributed by atoms with Gasteiger partial charge in [-0.1, -0.05) is 12.1 Å².